The number of aliphatic hydroxyl groups excluding tert-OH is 1. The lowest BCUT2D eigenvalue weighted by atomic mass is 9.84. The average molecular weight is 469 g/mol. The van der Waals surface area contributed by atoms with Gasteiger partial charge in [-0.25, -0.2) is 4.98 Å². The number of nitrogens with one attached hydrogen (secondary N) is 2. The Morgan fingerprint density at radius 1 is 1.46 bits per heavy atom. The molecule has 0 bridgehead atoms. The number of ether oxygens (including phenoxy) is 1. The maximum Gasteiger partial charge on any atom is 0.191 e. The normalized spacial score (nSPS) is 20.5. The van der Waals surface area contributed by atoms with E-state index in [4.69, 9.17) is 16.3 Å². The molecule has 1 aromatic rings. The van der Waals surface area contributed by atoms with Gasteiger partial charge in [-0.3, -0.25) is 4.99 Å². The van der Waals surface area contributed by atoms with Gasteiger partial charge in [-0.15, -0.1) is 24.0 Å². The van der Waals surface area contributed by atoms with Gasteiger partial charge in [-0.05, 0) is 30.9 Å². The van der Waals surface area contributed by atoms with Crippen LogP contribution in [0.2, 0.25) is 5.15 Å². The van der Waals surface area contributed by atoms with E-state index in [1.165, 1.54) is 0 Å². The van der Waals surface area contributed by atoms with Gasteiger partial charge >= 0.3 is 0 Å². The van der Waals surface area contributed by atoms with Crippen molar-refractivity contribution < 1.29 is 9.84 Å². The van der Waals surface area contributed by atoms with E-state index in [2.05, 4.69) is 20.6 Å². The van der Waals surface area contributed by atoms with Gasteiger partial charge in [-0.2, -0.15) is 0 Å². The van der Waals surface area contributed by atoms with E-state index in [-0.39, 0.29) is 36.0 Å². The van der Waals surface area contributed by atoms with Crippen LogP contribution in [0.5, 0.6) is 0 Å². The van der Waals surface area contributed by atoms with Crippen LogP contribution >= 0.6 is 35.6 Å². The number of rotatable bonds is 7. The first kappa shape index (κ1) is 21.4. The molecular formula is C16H26ClIN4O2. The van der Waals surface area contributed by atoms with Gasteiger partial charge in [0.25, 0.3) is 0 Å². The Morgan fingerprint density at radius 3 is 2.88 bits per heavy atom. The molecule has 1 fully saturated rings. The van der Waals surface area contributed by atoms with Crippen LogP contribution in [0.4, 0.5) is 0 Å². The molecule has 1 unspecified atom stereocenters. The Hall–Kier alpha value is -0.640. The van der Waals surface area contributed by atoms with Crippen molar-refractivity contribution in [2.75, 3.05) is 40.0 Å². The molecular weight excluding hydrogens is 443 g/mol. The molecule has 1 aliphatic heterocycles. The SMILES string of the molecule is CN=C(NCCc1ccc(Cl)nc1)NCC1(CCO)CCOC1.I. The molecule has 8 heteroatoms. The van der Waals surface area contributed by atoms with Crippen molar-refractivity contribution in [2.24, 2.45) is 10.4 Å². The minimum absolute atomic E-state index is 0. The van der Waals surface area contributed by atoms with E-state index in [0.717, 1.165) is 50.5 Å². The highest BCUT2D eigenvalue weighted by Crippen LogP contribution is 2.31. The van der Waals surface area contributed by atoms with Crippen LogP contribution in [-0.4, -0.2) is 56.0 Å². The maximum atomic E-state index is 9.26. The number of aliphatic hydroxyl groups is 1. The topological polar surface area (TPSA) is 78.8 Å². The summed E-state index contributed by atoms with van der Waals surface area (Å²) in [4.78, 5) is 8.31. The summed E-state index contributed by atoms with van der Waals surface area (Å²) in [5, 5.41) is 16.4. The van der Waals surface area contributed by atoms with E-state index < -0.39 is 0 Å². The van der Waals surface area contributed by atoms with E-state index >= 15 is 0 Å². The van der Waals surface area contributed by atoms with Gasteiger partial charge in [0.1, 0.15) is 5.15 Å². The number of pyridine rings is 1. The molecule has 6 nitrogen and oxygen atoms in total. The Balaban J connectivity index is 0.00000288. The summed E-state index contributed by atoms with van der Waals surface area (Å²) in [6.07, 6.45) is 4.34. The molecule has 1 aliphatic rings. The number of nitrogens with zero attached hydrogens (tertiary/aromatic N) is 2. The highest BCUT2D eigenvalue weighted by Gasteiger charge is 2.34. The maximum absolute atomic E-state index is 9.26. The van der Waals surface area contributed by atoms with Crippen molar-refractivity contribution in [1.82, 2.24) is 15.6 Å². The standard InChI is InChI=1S/C16H25ClN4O2.HI/c1-18-15(19-7-4-13-2-3-14(17)20-10-13)21-11-16(5-8-22)6-9-23-12-16;/h2-3,10,22H,4-9,11-12H2,1H3,(H2,18,19,21);1H. The van der Waals surface area contributed by atoms with Gasteiger partial charge in [0.2, 0.25) is 0 Å². The molecule has 0 radical (unpaired) electrons. The molecule has 3 N–H and O–H groups in total. The Morgan fingerprint density at radius 2 is 2.29 bits per heavy atom. The predicted octanol–water partition coefficient (Wildman–Crippen LogP) is 1.85. The first-order chi connectivity index (χ1) is 11.2. The summed E-state index contributed by atoms with van der Waals surface area (Å²) in [6.45, 7) is 3.13. The summed E-state index contributed by atoms with van der Waals surface area (Å²) < 4.78 is 5.50. The summed E-state index contributed by atoms with van der Waals surface area (Å²) in [5.74, 6) is 0.760. The van der Waals surface area contributed by atoms with Crippen molar-refractivity contribution in [3.63, 3.8) is 0 Å². The number of aliphatic imine (C=N–C) groups is 1. The predicted molar refractivity (Wildman–Crippen MR) is 107 cm³/mol. The second-order valence-electron chi connectivity index (χ2n) is 5.87. The van der Waals surface area contributed by atoms with Crippen LogP contribution in [0.1, 0.15) is 18.4 Å². The second kappa shape index (κ2) is 11.1. The van der Waals surface area contributed by atoms with Crippen LogP contribution in [0.25, 0.3) is 0 Å². The lowest BCUT2D eigenvalue weighted by Crippen LogP contribution is -2.45. The van der Waals surface area contributed by atoms with Gasteiger partial charge in [0.15, 0.2) is 5.96 Å². The summed E-state index contributed by atoms with van der Waals surface area (Å²) in [7, 11) is 1.75. The zero-order valence-electron chi connectivity index (χ0n) is 13.9. The van der Waals surface area contributed by atoms with Crippen LogP contribution in [0.3, 0.4) is 0 Å². The number of halogens is 2. The third kappa shape index (κ3) is 6.70. The first-order valence-corrected chi connectivity index (χ1v) is 8.29. The quantitative estimate of drug-likeness (QED) is 0.246. The second-order valence-corrected chi connectivity index (χ2v) is 6.26. The van der Waals surface area contributed by atoms with Crippen LogP contribution in [0, 0.1) is 5.41 Å². The van der Waals surface area contributed by atoms with Crippen molar-refractivity contribution in [2.45, 2.75) is 19.3 Å². The summed E-state index contributed by atoms with van der Waals surface area (Å²) in [6, 6.07) is 3.77. The third-order valence-corrected chi connectivity index (χ3v) is 4.40. The molecule has 2 heterocycles. The third-order valence-electron chi connectivity index (χ3n) is 4.18. The molecule has 0 amide bonds. The molecule has 1 atom stereocenters. The van der Waals surface area contributed by atoms with Crippen LogP contribution in [-0.2, 0) is 11.2 Å². The van der Waals surface area contributed by atoms with Gasteiger partial charge < -0.3 is 20.5 Å². The van der Waals surface area contributed by atoms with Crippen molar-refractivity contribution in [3.05, 3.63) is 29.0 Å². The van der Waals surface area contributed by atoms with Crippen LogP contribution in [0.15, 0.2) is 23.3 Å². The van der Waals surface area contributed by atoms with E-state index in [1.807, 2.05) is 6.07 Å². The van der Waals surface area contributed by atoms with Gasteiger partial charge in [0, 0.05) is 45.0 Å². The fraction of sp³-hybridized carbons (Fsp3) is 0.625. The van der Waals surface area contributed by atoms with Gasteiger partial charge in [0.05, 0.1) is 6.61 Å². The monoisotopic (exact) mass is 468 g/mol. The fourth-order valence-corrected chi connectivity index (χ4v) is 2.79. The lowest BCUT2D eigenvalue weighted by molar-refractivity contribution is 0.127. The molecule has 0 spiro atoms. The molecule has 1 aromatic heterocycles. The minimum Gasteiger partial charge on any atom is -0.396 e. The number of hydrogen-bond acceptors (Lipinski definition) is 4. The number of hydrogen-bond donors (Lipinski definition) is 3. The Labute approximate surface area is 165 Å². The molecule has 0 aromatic carbocycles. The van der Waals surface area contributed by atoms with Crippen molar-refractivity contribution in [1.29, 1.82) is 0 Å². The largest absolute Gasteiger partial charge is 0.396 e. The summed E-state index contributed by atoms with van der Waals surface area (Å²) >= 11 is 5.78. The Bertz CT molecular complexity index is 507. The molecule has 0 saturated carbocycles. The molecule has 24 heavy (non-hydrogen) atoms. The van der Waals surface area contributed by atoms with E-state index in [9.17, 15) is 5.11 Å². The van der Waals surface area contributed by atoms with Crippen LogP contribution < -0.4 is 10.6 Å². The zero-order chi connectivity index (χ0) is 16.5. The fourth-order valence-electron chi connectivity index (χ4n) is 2.68. The van der Waals surface area contributed by atoms with E-state index in [1.54, 1.807) is 19.3 Å². The highest BCUT2D eigenvalue weighted by molar-refractivity contribution is 14.0. The van der Waals surface area contributed by atoms with Crippen molar-refractivity contribution in [3.8, 4) is 0 Å². The molecule has 1 saturated heterocycles. The summed E-state index contributed by atoms with van der Waals surface area (Å²) in [5.41, 5.74) is 1.13. The van der Waals surface area contributed by atoms with Crippen molar-refractivity contribution >= 4 is 41.5 Å². The number of guanidine groups is 1. The average Bonchev–Trinajstić information content (AvgIpc) is 3.02. The lowest BCUT2D eigenvalue weighted by Gasteiger charge is -2.27. The number of aromatic nitrogens is 1. The zero-order valence-corrected chi connectivity index (χ0v) is 17.0. The van der Waals surface area contributed by atoms with Gasteiger partial charge in [-0.1, -0.05) is 17.7 Å². The first-order valence-electron chi connectivity index (χ1n) is 7.91. The molecule has 0 aliphatic carbocycles. The molecule has 2 rings (SSSR count). The van der Waals surface area contributed by atoms with E-state index in [0.29, 0.717) is 11.8 Å². The molecule has 136 valence electrons. The Kier molecular flexibility index (Phi) is 9.87. The minimum atomic E-state index is 0. The highest BCUT2D eigenvalue weighted by atomic mass is 127. The smallest absolute Gasteiger partial charge is 0.191 e.